The second kappa shape index (κ2) is 13.8. The molecule has 182 valence electrons. The SMILES string of the molecule is CCCCCCCCCCCC(C)(C)CC(CC)(OCC(F)(F)F)OCC(F)(F)F. The van der Waals surface area contributed by atoms with E-state index in [4.69, 9.17) is 9.47 Å². The third kappa shape index (κ3) is 16.2. The van der Waals surface area contributed by atoms with E-state index in [-0.39, 0.29) is 12.8 Å². The summed E-state index contributed by atoms with van der Waals surface area (Å²) in [5, 5.41) is 0. The lowest BCUT2D eigenvalue weighted by atomic mass is 9.79. The van der Waals surface area contributed by atoms with Crippen molar-refractivity contribution in [2.24, 2.45) is 5.41 Å². The molecule has 0 N–H and O–H groups in total. The van der Waals surface area contributed by atoms with Crippen LogP contribution in [0.15, 0.2) is 0 Å². The molecule has 0 heterocycles. The Morgan fingerprint density at radius 3 is 1.37 bits per heavy atom. The van der Waals surface area contributed by atoms with Crippen molar-refractivity contribution < 1.29 is 35.8 Å². The number of hydrogen-bond donors (Lipinski definition) is 0. The number of alkyl halides is 6. The van der Waals surface area contributed by atoms with Gasteiger partial charge in [0.2, 0.25) is 0 Å². The maximum Gasteiger partial charge on any atom is 0.411 e. The lowest BCUT2D eigenvalue weighted by molar-refractivity contribution is -0.320. The van der Waals surface area contributed by atoms with E-state index >= 15 is 0 Å². The molecule has 0 aromatic heterocycles. The summed E-state index contributed by atoms with van der Waals surface area (Å²) in [6.45, 7) is 4.09. The van der Waals surface area contributed by atoms with Gasteiger partial charge in [-0.3, -0.25) is 0 Å². The normalized spacial score (nSPS) is 13.8. The van der Waals surface area contributed by atoms with Crippen LogP contribution in [0.5, 0.6) is 0 Å². The predicted molar refractivity (Wildman–Crippen MR) is 107 cm³/mol. The van der Waals surface area contributed by atoms with E-state index in [0.29, 0.717) is 6.42 Å². The van der Waals surface area contributed by atoms with Crippen molar-refractivity contribution in [3.63, 3.8) is 0 Å². The molecule has 0 unspecified atom stereocenters. The van der Waals surface area contributed by atoms with Crippen LogP contribution in [-0.4, -0.2) is 31.4 Å². The minimum absolute atomic E-state index is 0.0281. The van der Waals surface area contributed by atoms with Crippen LogP contribution in [0.3, 0.4) is 0 Å². The Morgan fingerprint density at radius 2 is 1.00 bits per heavy atom. The molecule has 0 fully saturated rings. The van der Waals surface area contributed by atoms with E-state index in [9.17, 15) is 26.3 Å². The summed E-state index contributed by atoms with van der Waals surface area (Å²) >= 11 is 0. The number of hydrogen-bond acceptors (Lipinski definition) is 2. The van der Waals surface area contributed by atoms with Crippen LogP contribution in [0.25, 0.3) is 0 Å². The second-order valence-corrected chi connectivity index (χ2v) is 8.99. The molecule has 0 aliphatic rings. The molecule has 0 amide bonds. The highest BCUT2D eigenvalue weighted by Crippen LogP contribution is 2.39. The van der Waals surface area contributed by atoms with Gasteiger partial charge in [0.05, 0.1) is 0 Å². The van der Waals surface area contributed by atoms with Gasteiger partial charge in [-0.2, -0.15) is 26.3 Å². The summed E-state index contributed by atoms with van der Waals surface area (Å²) in [6.07, 6.45) is 1.62. The third-order valence-corrected chi connectivity index (χ3v) is 5.24. The molecular formula is C22H40F6O2. The van der Waals surface area contributed by atoms with Gasteiger partial charge in [-0.05, 0) is 18.3 Å². The van der Waals surface area contributed by atoms with Gasteiger partial charge in [-0.1, -0.05) is 85.5 Å². The predicted octanol–water partition coefficient (Wildman–Crippen LogP) is 8.59. The molecule has 0 saturated heterocycles. The summed E-state index contributed by atoms with van der Waals surface area (Å²) in [5.74, 6) is -1.91. The molecule has 8 heteroatoms. The van der Waals surface area contributed by atoms with Crippen LogP contribution in [-0.2, 0) is 9.47 Å². The minimum atomic E-state index is -4.64. The Hall–Kier alpha value is -0.500. The molecule has 0 aliphatic carbocycles. The maximum absolute atomic E-state index is 12.6. The molecule has 0 atom stereocenters. The van der Waals surface area contributed by atoms with Gasteiger partial charge >= 0.3 is 12.4 Å². The Morgan fingerprint density at radius 1 is 0.600 bits per heavy atom. The van der Waals surface area contributed by atoms with Gasteiger partial charge in [-0.15, -0.1) is 0 Å². The van der Waals surface area contributed by atoms with Gasteiger partial charge in [0.15, 0.2) is 5.79 Å². The summed E-state index contributed by atoms with van der Waals surface area (Å²) in [6, 6.07) is 0. The quantitative estimate of drug-likeness (QED) is 0.125. The Labute approximate surface area is 178 Å². The molecule has 0 saturated carbocycles. The largest absolute Gasteiger partial charge is 0.411 e. The lowest BCUT2D eigenvalue weighted by Gasteiger charge is -2.40. The first kappa shape index (κ1) is 29.5. The molecule has 2 nitrogen and oxygen atoms in total. The number of rotatable bonds is 17. The summed E-state index contributed by atoms with van der Waals surface area (Å²) < 4.78 is 85.7. The lowest BCUT2D eigenvalue weighted by Crippen LogP contribution is -2.44. The van der Waals surface area contributed by atoms with E-state index < -0.39 is 36.8 Å². The van der Waals surface area contributed by atoms with Crippen LogP contribution >= 0.6 is 0 Å². The van der Waals surface area contributed by atoms with E-state index in [1.807, 2.05) is 13.8 Å². The average molecular weight is 451 g/mol. The van der Waals surface area contributed by atoms with Gasteiger partial charge < -0.3 is 9.47 Å². The van der Waals surface area contributed by atoms with Crippen molar-refractivity contribution in [3.8, 4) is 0 Å². The fraction of sp³-hybridized carbons (Fsp3) is 1.00. The van der Waals surface area contributed by atoms with Crippen molar-refractivity contribution in [1.29, 1.82) is 0 Å². The van der Waals surface area contributed by atoms with Crippen LogP contribution < -0.4 is 0 Å². The van der Waals surface area contributed by atoms with E-state index in [1.165, 1.54) is 39.0 Å². The summed E-state index contributed by atoms with van der Waals surface area (Å²) in [5.41, 5.74) is -0.506. The topological polar surface area (TPSA) is 18.5 Å². The zero-order chi connectivity index (χ0) is 23.3. The fourth-order valence-electron chi connectivity index (χ4n) is 3.63. The first-order valence-corrected chi connectivity index (χ1v) is 11.2. The van der Waals surface area contributed by atoms with Crippen molar-refractivity contribution >= 4 is 0 Å². The number of ether oxygens (including phenoxy) is 2. The summed E-state index contributed by atoms with van der Waals surface area (Å²) in [4.78, 5) is 0. The molecule has 30 heavy (non-hydrogen) atoms. The third-order valence-electron chi connectivity index (χ3n) is 5.24. The Kier molecular flexibility index (Phi) is 13.6. The van der Waals surface area contributed by atoms with Crippen molar-refractivity contribution in [3.05, 3.63) is 0 Å². The highest BCUT2D eigenvalue weighted by Gasteiger charge is 2.43. The molecule has 0 spiro atoms. The summed E-state index contributed by atoms with van der Waals surface area (Å²) in [7, 11) is 0. The second-order valence-electron chi connectivity index (χ2n) is 8.99. The Bertz CT molecular complexity index is 414. The van der Waals surface area contributed by atoms with Gasteiger partial charge in [0.25, 0.3) is 0 Å². The van der Waals surface area contributed by atoms with Gasteiger partial charge in [0.1, 0.15) is 13.2 Å². The number of unbranched alkanes of at least 4 members (excludes halogenated alkanes) is 8. The van der Waals surface area contributed by atoms with Crippen LogP contribution in [0.2, 0.25) is 0 Å². The zero-order valence-corrected chi connectivity index (χ0v) is 19.0. The molecule has 0 aliphatic heterocycles. The van der Waals surface area contributed by atoms with E-state index in [0.717, 1.165) is 25.7 Å². The van der Waals surface area contributed by atoms with E-state index in [1.54, 1.807) is 0 Å². The molecule has 0 radical (unpaired) electrons. The Balaban J connectivity index is 4.64. The van der Waals surface area contributed by atoms with Crippen molar-refractivity contribution in [2.75, 3.05) is 13.2 Å². The average Bonchev–Trinajstić information content (AvgIpc) is 2.61. The first-order valence-electron chi connectivity index (χ1n) is 11.2. The van der Waals surface area contributed by atoms with Crippen LogP contribution in [0.4, 0.5) is 26.3 Å². The first-order chi connectivity index (χ1) is 13.7. The van der Waals surface area contributed by atoms with Crippen LogP contribution in [0.1, 0.15) is 105 Å². The standard InChI is InChI=1S/C22H40F6O2/c1-5-7-8-9-10-11-12-13-14-15-19(3,4)16-20(6-2,29-17-21(23,24)25)30-18-22(26,27)28/h5-18H2,1-4H3. The molecule has 0 aromatic rings. The zero-order valence-electron chi connectivity index (χ0n) is 19.0. The van der Waals surface area contributed by atoms with Gasteiger partial charge in [-0.25, -0.2) is 0 Å². The minimum Gasteiger partial charge on any atom is -0.341 e. The highest BCUT2D eigenvalue weighted by atomic mass is 19.4. The number of halogens is 6. The van der Waals surface area contributed by atoms with Crippen molar-refractivity contribution in [1.82, 2.24) is 0 Å². The maximum atomic E-state index is 12.6. The molecular weight excluding hydrogens is 410 g/mol. The van der Waals surface area contributed by atoms with Gasteiger partial charge in [0, 0.05) is 6.42 Å². The van der Waals surface area contributed by atoms with E-state index in [2.05, 4.69) is 6.92 Å². The van der Waals surface area contributed by atoms with Crippen molar-refractivity contribution in [2.45, 2.75) is 123 Å². The molecule has 0 bridgehead atoms. The van der Waals surface area contributed by atoms with Crippen LogP contribution in [0, 0.1) is 5.41 Å². The molecule has 0 rings (SSSR count). The highest BCUT2D eigenvalue weighted by molar-refractivity contribution is 4.81. The smallest absolute Gasteiger partial charge is 0.341 e. The fourth-order valence-corrected chi connectivity index (χ4v) is 3.63. The monoisotopic (exact) mass is 450 g/mol. The molecule has 0 aromatic carbocycles.